The molecule has 0 aliphatic carbocycles. The van der Waals surface area contributed by atoms with Gasteiger partial charge in [0.2, 0.25) is 0 Å². The molecule has 0 radical (unpaired) electrons. The molecule has 0 aliphatic heterocycles. The number of hydrogen-bond acceptors (Lipinski definition) is 4. The van der Waals surface area contributed by atoms with Crippen LogP contribution in [0.1, 0.15) is 15.9 Å². The van der Waals surface area contributed by atoms with E-state index in [1.54, 1.807) is 42.5 Å². The number of nitrogens with one attached hydrogen (secondary N) is 1. The van der Waals surface area contributed by atoms with Crippen LogP contribution >= 0.6 is 0 Å². The summed E-state index contributed by atoms with van der Waals surface area (Å²) in [6.45, 7) is 0. The summed E-state index contributed by atoms with van der Waals surface area (Å²) in [5.41, 5.74) is 1.38. The molecule has 5 nitrogen and oxygen atoms in total. The molecule has 2 aromatic carbocycles. The van der Waals surface area contributed by atoms with Gasteiger partial charge in [0.25, 0.3) is 5.91 Å². The fourth-order valence-corrected chi connectivity index (χ4v) is 1.86. The Kier molecular flexibility index (Phi) is 4.42. The zero-order valence-electron chi connectivity index (χ0n) is 11.7. The molecule has 0 saturated carbocycles. The summed E-state index contributed by atoms with van der Waals surface area (Å²) in [6.07, 6.45) is 0. The predicted molar refractivity (Wildman–Crippen MR) is 78.7 cm³/mol. The number of benzene rings is 2. The second-order valence-corrected chi connectivity index (χ2v) is 4.21. The lowest BCUT2D eigenvalue weighted by Gasteiger charge is -2.11. The van der Waals surface area contributed by atoms with E-state index in [2.05, 4.69) is 5.32 Å². The van der Waals surface area contributed by atoms with Gasteiger partial charge in [-0.2, -0.15) is 5.26 Å². The van der Waals surface area contributed by atoms with Crippen molar-refractivity contribution >= 4 is 11.6 Å². The van der Waals surface area contributed by atoms with E-state index in [-0.39, 0.29) is 5.91 Å². The molecular weight excluding hydrogens is 268 g/mol. The molecule has 0 fully saturated rings. The Balaban J connectivity index is 2.29. The van der Waals surface area contributed by atoms with Crippen LogP contribution in [-0.2, 0) is 0 Å². The maximum absolute atomic E-state index is 12.3. The molecule has 5 heteroatoms. The summed E-state index contributed by atoms with van der Waals surface area (Å²) >= 11 is 0. The van der Waals surface area contributed by atoms with Gasteiger partial charge in [0.1, 0.15) is 11.5 Å². The second kappa shape index (κ2) is 6.44. The number of amides is 1. The van der Waals surface area contributed by atoms with Crippen molar-refractivity contribution in [3.63, 3.8) is 0 Å². The first-order chi connectivity index (χ1) is 10.2. The molecule has 1 N–H and O–H groups in total. The van der Waals surface area contributed by atoms with Gasteiger partial charge in [0.05, 0.1) is 31.4 Å². The van der Waals surface area contributed by atoms with Gasteiger partial charge in [-0.25, -0.2) is 0 Å². The van der Waals surface area contributed by atoms with E-state index in [4.69, 9.17) is 14.7 Å². The smallest absolute Gasteiger partial charge is 0.259 e. The normalized spacial score (nSPS) is 9.57. The van der Waals surface area contributed by atoms with E-state index in [1.807, 2.05) is 6.07 Å². The molecule has 0 aliphatic rings. The Labute approximate surface area is 122 Å². The molecule has 0 bridgehead atoms. The molecule has 1 amide bonds. The first kappa shape index (κ1) is 14.4. The Bertz CT molecular complexity index is 705. The van der Waals surface area contributed by atoms with Crippen LogP contribution in [0.2, 0.25) is 0 Å². The quantitative estimate of drug-likeness (QED) is 0.936. The van der Waals surface area contributed by atoms with Crippen LogP contribution < -0.4 is 14.8 Å². The predicted octanol–water partition coefficient (Wildman–Crippen LogP) is 2.83. The monoisotopic (exact) mass is 282 g/mol. The van der Waals surface area contributed by atoms with E-state index < -0.39 is 0 Å². The van der Waals surface area contributed by atoms with E-state index in [1.165, 1.54) is 14.2 Å². The summed E-state index contributed by atoms with van der Waals surface area (Å²) in [7, 11) is 3.02. The van der Waals surface area contributed by atoms with Gasteiger partial charge in [-0.05, 0) is 36.4 Å². The van der Waals surface area contributed by atoms with Crippen molar-refractivity contribution in [2.45, 2.75) is 0 Å². The Morgan fingerprint density at radius 3 is 2.62 bits per heavy atom. The van der Waals surface area contributed by atoms with Crippen molar-refractivity contribution in [1.29, 1.82) is 5.26 Å². The van der Waals surface area contributed by atoms with E-state index >= 15 is 0 Å². The molecule has 0 atom stereocenters. The fourth-order valence-electron chi connectivity index (χ4n) is 1.86. The number of rotatable bonds is 4. The van der Waals surface area contributed by atoms with Crippen LogP contribution in [0.3, 0.4) is 0 Å². The van der Waals surface area contributed by atoms with Gasteiger partial charge >= 0.3 is 0 Å². The molecule has 0 spiro atoms. The molecule has 0 heterocycles. The Morgan fingerprint density at radius 1 is 1.14 bits per heavy atom. The van der Waals surface area contributed by atoms with Crippen molar-refractivity contribution in [2.24, 2.45) is 0 Å². The van der Waals surface area contributed by atoms with Gasteiger partial charge in [-0.15, -0.1) is 0 Å². The minimum absolute atomic E-state index is 0.333. The molecular formula is C16H14N2O3. The van der Waals surface area contributed by atoms with Gasteiger partial charge in [0, 0.05) is 5.69 Å². The zero-order valence-corrected chi connectivity index (χ0v) is 11.7. The number of hydrogen-bond donors (Lipinski definition) is 1. The number of carbonyl (C=O) groups excluding carboxylic acids is 1. The lowest BCUT2D eigenvalue weighted by molar-refractivity contribution is 0.102. The van der Waals surface area contributed by atoms with Crippen LogP contribution in [0.4, 0.5) is 5.69 Å². The summed E-state index contributed by atoms with van der Waals surface area (Å²) in [6, 6.07) is 13.7. The third kappa shape index (κ3) is 3.31. The van der Waals surface area contributed by atoms with E-state index in [9.17, 15) is 4.79 Å². The van der Waals surface area contributed by atoms with Crippen LogP contribution in [0.25, 0.3) is 0 Å². The van der Waals surface area contributed by atoms with Crippen LogP contribution in [0.5, 0.6) is 11.5 Å². The molecule has 106 valence electrons. The number of carbonyl (C=O) groups is 1. The molecule has 2 aromatic rings. The number of anilines is 1. The van der Waals surface area contributed by atoms with E-state index in [0.29, 0.717) is 28.3 Å². The number of nitrogens with zero attached hydrogens (tertiary/aromatic N) is 1. The number of nitriles is 1. The Hall–Kier alpha value is -3.00. The minimum atomic E-state index is -0.333. The van der Waals surface area contributed by atoms with Gasteiger partial charge in [0.15, 0.2) is 0 Å². The lowest BCUT2D eigenvalue weighted by atomic mass is 10.1. The maximum Gasteiger partial charge on any atom is 0.259 e. The van der Waals surface area contributed by atoms with Crippen molar-refractivity contribution in [3.8, 4) is 17.6 Å². The highest BCUT2D eigenvalue weighted by Crippen LogP contribution is 2.25. The van der Waals surface area contributed by atoms with Crippen LogP contribution in [0, 0.1) is 11.3 Å². The van der Waals surface area contributed by atoms with Crippen molar-refractivity contribution in [3.05, 3.63) is 53.6 Å². The highest BCUT2D eigenvalue weighted by molar-refractivity contribution is 6.06. The largest absolute Gasteiger partial charge is 0.497 e. The summed E-state index contributed by atoms with van der Waals surface area (Å²) in [4.78, 5) is 12.3. The summed E-state index contributed by atoms with van der Waals surface area (Å²) in [5, 5.41) is 11.6. The number of ether oxygens (including phenoxy) is 2. The average Bonchev–Trinajstić information content (AvgIpc) is 2.54. The first-order valence-electron chi connectivity index (χ1n) is 6.21. The van der Waals surface area contributed by atoms with Crippen molar-refractivity contribution < 1.29 is 14.3 Å². The summed E-state index contributed by atoms with van der Waals surface area (Å²) < 4.78 is 10.3. The molecule has 0 saturated heterocycles. The SMILES string of the molecule is COc1ccc(OC)c(C(=O)Nc2cccc(C#N)c2)c1. The van der Waals surface area contributed by atoms with Gasteiger partial charge in [-0.1, -0.05) is 6.07 Å². The van der Waals surface area contributed by atoms with Gasteiger partial charge in [-0.3, -0.25) is 4.79 Å². The highest BCUT2D eigenvalue weighted by Gasteiger charge is 2.14. The highest BCUT2D eigenvalue weighted by atomic mass is 16.5. The van der Waals surface area contributed by atoms with Crippen LogP contribution in [-0.4, -0.2) is 20.1 Å². The lowest BCUT2D eigenvalue weighted by Crippen LogP contribution is -2.13. The molecule has 0 unspecified atom stereocenters. The average molecular weight is 282 g/mol. The topological polar surface area (TPSA) is 71.3 Å². The zero-order chi connectivity index (χ0) is 15.2. The van der Waals surface area contributed by atoms with E-state index in [0.717, 1.165) is 0 Å². The summed E-state index contributed by atoms with van der Waals surface area (Å²) in [5.74, 6) is 0.678. The maximum atomic E-state index is 12.3. The van der Waals surface area contributed by atoms with Crippen molar-refractivity contribution in [1.82, 2.24) is 0 Å². The molecule has 0 aromatic heterocycles. The Morgan fingerprint density at radius 2 is 1.95 bits per heavy atom. The standard InChI is InChI=1S/C16H14N2O3/c1-20-13-6-7-15(21-2)14(9-13)16(19)18-12-5-3-4-11(8-12)10-17/h3-9H,1-2H3,(H,18,19). The third-order valence-electron chi connectivity index (χ3n) is 2.90. The number of methoxy groups -OCH3 is 2. The van der Waals surface area contributed by atoms with Crippen LogP contribution in [0.15, 0.2) is 42.5 Å². The first-order valence-corrected chi connectivity index (χ1v) is 6.21. The van der Waals surface area contributed by atoms with Gasteiger partial charge < -0.3 is 14.8 Å². The third-order valence-corrected chi connectivity index (χ3v) is 2.90. The second-order valence-electron chi connectivity index (χ2n) is 4.21. The molecule has 2 rings (SSSR count). The fraction of sp³-hybridized carbons (Fsp3) is 0.125. The minimum Gasteiger partial charge on any atom is -0.497 e. The van der Waals surface area contributed by atoms with Crippen molar-refractivity contribution in [2.75, 3.05) is 19.5 Å². The molecule has 21 heavy (non-hydrogen) atoms.